The van der Waals surface area contributed by atoms with Crippen molar-refractivity contribution in [3.8, 4) is 0 Å². The lowest BCUT2D eigenvalue weighted by Crippen LogP contribution is -2.61. The van der Waals surface area contributed by atoms with Crippen molar-refractivity contribution in [2.24, 2.45) is 0 Å². The van der Waals surface area contributed by atoms with Gasteiger partial charge in [0.2, 0.25) is 0 Å². The van der Waals surface area contributed by atoms with Crippen molar-refractivity contribution in [1.29, 1.82) is 0 Å². The van der Waals surface area contributed by atoms with Crippen LogP contribution in [0.5, 0.6) is 0 Å². The first-order valence-electron chi connectivity index (χ1n) is 6.29. The third-order valence-corrected chi connectivity index (χ3v) is 4.07. The van der Waals surface area contributed by atoms with E-state index in [1.807, 2.05) is 12.1 Å². The van der Waals surface area contributed by atoms with Crippen molar-refractivity contribution in [2.45, 2.75) is 6.04 Å². The molecule has 0 bridgehead atoms. The molecule has 0 amide bonds. The van der Waals surface area contributed by atoms with Crippen LogP contribution in [0.3, 0.4) is 0 Å². The molecule has 0 radical (unpaired) electrons. The van der Waals surface area contributed by atoms with Crippen LogP contribution in [0.4, 0.5) is 5.69 Å². The Bertz CT molecular complexity index is 396. The van der Waals surface area contributed by atoms with E-state index in [4.69, 9.17) is 11.6 Å². The lowest BCUT2D eigenvalue weighted by atomic mass is 10.1. The van der Waals surface area contributed by atoms with E-state index in [1.54, 1.807) is 0 Å². The van der Waals surface area contributed by atoms with E-state index >= 15 is 0 Å². The normalized spacial score (nSPS) is 25.7. The minimum Gasteiger partial charge on any atom is -0.367 e. The lowest BCUT2D eigenvalue weighted by molar-refractivity contribution is 0.146. The largest absolute Gasteiger partial charge is 0.367 e. The summed E-state index contributed by atoms with van der Waals surface area (Å²) in [5.74, 6) is 0. The van der Waals surface area contributed by atoms with Crippen molar-refractivity contribution >= 4 is 17.3 Å². The number of benzene rings is 1. The Kier molecular flexibility index (Phi) is 3.23. The highest BCUT2D eigenvalue weighted by molar-refractivity contribution is 6.33. The number of hydrogen-bond acceptors (Lipinski definition) is 3. The van der Waals surface area contributed by atoms with Crippen LogP contribution in [0, 0.1) is 0 Å². The van der Waals surface area contributed by atoms with Gasteiger partial charge in [-0.1, -0.05) is 23.7 Å². The first kappa shape index (κ1) is 11.3. The number of nitrogens with one attached hydrogen (secondary N) is 1. The zero-order valence-electron chi connectivity index (χ0n) is 9.90. The van der Waals surface area contributed by atoms with E-state index in [2.05, 4.69) is 27.2 Å². The molecule has 2 heterocycles. The Morgan fingerprint density at radius 2 is 2.06 bits per heavy atom. The minimum absolute atomic E-state index is 0.633. The highest BCUT2D eigenvalue weighted by atomic mass is 35.5. The number of piperazine rings is 2. The Hall–Kier alpha value is -0.770. The van der Waals surface area contributed by atoms with Crippen LogP contribution in [0.25, 0.3) is 0 Å². The van der Waals surface area contributed by atoms with Crippen molar-refractivity contribution in [2.75, 3.05) is 44.2 Å². The molecule has 2 saturated heterocycles. The summed E-state index contributed by atoms with van der Waals surface area (Å²) in [6.45, 7) is 6.72. The quantitative estimate of drug-likeness (QED) is 0.815. The van der Waals surface area contributed by atoms with Crippen LogP contribution in [0.2, 0.25) is 5.02 Å². The maximum absolute atomic E-state index is 6.26. The first-order valence-corrected chi connectivity index (χ1v) is 6.66. The van der Waals surface area contributed by atoms with E-state index in [-0.39, 0.29) is 0 Å². The molecule has 1 aromatic carbocycles. The Balaban J connectivity index is 1.76. The fraction of sp³-hybridized carbons (Fsp3) is 0.538. The summed E-state index contributed by atoms with van der Waals surface area (Å²) in [5, 5.41) is 4.33. The maximum atomic E-state index is 6.26. The van der Waals surface area contributed by atoms with Gasteiger partial charge in [-0.25, -0.2) is 0 Å². The zero-order chi connectivity index (χ0) is 11.7. The van der Waals surface area contributed by atoms with Crippen LogP contribution < -0.4 is 10.2 Å². The second kappa shape index (κ2) is 4.84. The van der Waals surface area contributed by atoms with Crippen molar-refractivity contribution in [3.63, 3.8) is 0 Å². The van der Waals surface area contributed by atoms with E-state index in [0.717, 1.165) is 37.7 Å². The van der Waals surface area contributed by atoms with E-state index in [9.17, 15) is 0 Å². The molecule has 0 saturated carbocycles. The van der Waals surface area contributed by atoms with Crippen LogP contribution in [0.15, 0.2) is 24.3 Å². The summed E-state index contributed by atoms with van der Waals surface area (Å²) < 4.78 is 0. The van der Waals surface area contributed by atoms with Gasteiger partial charge in [0.25, 0.3) is 0 Å². The summed E-state index contributed by atoms with van der Waals surface area (Å²) in [6.07, 6.45) is 0. The summed E-state index contributed by atoms with van der Waals surface area (Å²) in [6, 6.07) is 8.78. The van der Waals surface area contributed by atoms with Crippen molar-refractivity contribution in [1.82, 2.24) is 10.2 Å². The van der Waals surface area contributed by atoms with Crippen molar-refractivity contribution in [3.05, 3.63) is 29.3 Å². The number of para-hydroxylation sites is 1. The smallest absolute Gasteiger partial charge is 0.0639 e. The molecule has 2 fully saturated rings. The predicted molar refractivity (Wildman–Crippen MR) is 71.9 cm³/mol. The molecule has 1 N–H and O–H groups in total. The average Bonchev–Trinajstić information content (AvgIpc) is 2.39. The van der Waals surface area contributed by atoms with Gasteiger partial charge in [-0.15, -0.1) is 0 Å². The number of halogens is 1. The number of anilines is 1. The Labute approximate surface area is 107 Å². The molecule has 1 atom stereocenters. The van der Waals surface area contributed by atoms with Gasteiger partial charge in [-0.2, -0.15) is 0 Å². The van der Waals surface area contributed by atoms with Gasteiger partial charge in [0, 0.05) is 45.3 Å². The van der Waals surface area contributed by atoms with E-state index in [0.29, 0.717) is 6.04 Å². The van der Waals surface area contributed by atoms with Gasteiger partial charge < -0.3 is 10.2 Å². The molecule has 1 aromatic rings. The van der Waals surface area contributed by atoms with Gasteiger partial charge in [0.15, 0.2) is 0 Å². The standard InChI is InChI=1S/C13H18ClN3/c14-12-3-1-2-4-13(12)17-8-7-16-6-5-15-9-11(16)10-17/h1-4,11,15H,5-10H2. The maximum Gasteiger partial charge on any atom is 0.0639 e. The SMILES string of the molecule is Clc1ccccc1N1CCN2CCNCC2C1. The molecule has 4 heteroatoms. The van der Waals surface area contributed by atoms with Crippen LogP contribution in [-0.4, -0.2) is 50.2 Å². The molecule has 2 aliphatic rings. The number of hydrogen-bond donors (Lipinski definition) is 1. The molecule has 92 valence electrons. The highest BCUT2D eigenvalue weighted by Gasteiger charge is 2.29. The van der Waals surface area contributed by atoms with Crippen LogP contribution in [-0.2, 0) is 0 Å². The number of fused-ring (bicyclic) bond motifs is 1. The van der Waals surface area contributed by atoms with Crippen molar-refractivity contribution < 1.29 is 0 Å². The summed E-state index contributed by atoms with van der Waals surface area (Å²) in [7, 11) is 0. The van der Waals surface area contributed by atoms with E-state index in [1.165, 1.54) is 12.2 Å². The zero-order valence-corrected chi connectivity index (χ0v) is 10.7. The van der Waals surface area contributed by atoms with Gasteiger partial charge in [-0.05, 0) is 12.1 Å². The molecular weight excluding hydrogens is 234 g/mol. The monoisotopic (exact) mass is 251 g/mol. The average molecular weight is 252 g/mol. The predicted octanol–water partition coefficient (Wildman–Crippen LogP) is 1.43. The second-order valence-corrected chi connectivity index (χ2v) is 5.20. The molecule has 3 nitrogen and oxygen atoms in total. The van der Waals surface area contributed by atoms with Crippen LogP contribution >= 0.6 is 11.6 Å². The fourth-order valence-electron chi connectivity index (χ4n) is 2.80. The summed E-state index contributed by atoms with van der Waals surface area (Å²) >= 11 is 6.26. The number of rotatable bonds is 1. The third kappa shape index (κ3) is 2.28. The first-order chi connectivity index (χ1) is 8.34. The van der Waals surface area contributed by atoms with Gasteiger partial charge in [0.1, 0.15) is 0 Å². The Morgan fingerprint density at radius 3 is 2.94 bits per heavy atom. The topological polar surface area (TPSA) is 18.5 Å². The summed E-state index contributed by atoms with van der Waals surface area (Å²) in [4.78, 5) is 5.00. The number of nitrogens with zero attached hydrogens (tertiary/aromatic N) is 2. The Morgan fingerprint density at radius 1 is 1.18 bits per heavy atom. The molecule has 0 aromatic heterocycles. The van der Waals surface area contributed by atoms with E-state index < -0.39 is 0 Å². The van der Waals surface area contributed by atoms with Crippen LogP contribution in [0.1, 0.15) is 0 Å². The fourth-order valence-corrected chi connectivity index (χ4v) is 3.05. The highest BCUT2D eigenvalue weighted by Crippen LogP contribution is 2.27. The summed E-state index contributed by atoms with van der Waals surface area (Å²) in [5.41, 5.74) is 1.18. The second-order valence-electron chi connectivity index (χ2n) is 4.79. The molecule has 3 rings (SSSR count). The molecule has 1 unspecified atom stereocenters. The molecule has 0 spiro atoms. The molecular formula is C13H18ClN3. The lowest BCUT2D eigenvalue weighted by Gasteiger charge is -2.45. The molecule has 0 aliphatic carbocycles. The van der Waals surface area contributed by atoms with Gasteiger partial charge in [-0.3, -0.25) is 4.90 Å². The minimum atomic E-state index is 0.633. The van der Waals surface area contributed by atoms with Gasteiger partial charge >= 0.3 is 0 Å². The molecule has 17 heavy (non-hydrogen) atoms. The third-order valence-electron chi connectivity index (χ3n) is 3.75. The molecule has 2 aliphatic heterocycles. The van der Waals surface area contributed by atoms with Gasteiger partial charge in [0.05, 0.1) is 10.7 Å².